The molecule has 1 amide bonds. The van der Waals surface area contributed by atoms with Crippen LogP contribution in [0, 0.1) is 5.82 Å². The van der Waals surface area contributed by atoms with Crippen molar-refractivity contribution in [2.75, 3.05) is 12.4 Å². The van der Waals surface area contributed by atoms with Crippen LogP contribution in [-0.4, -0.2) is 13.0 Å². The van der Waals surface area contributed by atoms with Crippen molar-refractivity contribution in [2.45, 2.75) is 6.61 Å². The lowest BCUT2D eigenvalue weighted by molar-refractivity contribution is 0.103. The third kappa shape index (κ3) is 5.09. The lowest BCUT2D eigenvalue weighted by Crippen LogP contribution is -2.11. The molecule has 0 saturated heterocycles. The number of halogens is 3. The van der Waals surface area contributed by atoms with Gasteiger partial charge in [0.05, 0.1) is 17.7 Å². The Balaban J connectivity index is 1.63. The van der Waals surface area contributed by atoms with E-state index in [1.165, 1.54) is 23.5 Å². The third-order valence-corrected chi connectivity index (χ3v) is 5.82. The Hall–Kier alpha value is -1.90. The first kappa shape index (κ1) is 19.9. The molecule has 0 aliphatic carbocycles. The summed E-state index contributed by atoms with van der Waals surface area (Å²) < 4.78 is 25.1. The monoisotopic (exact) mass is 513 g/mol. The van der Waals surface area contributed by atoms with Crippen LogP contribution < -0.4 is 14.8 Å². The zero-order chi connectivity index (χ0) is 19.4. The van der Waals surface area contributed by atoms with Gasteiger partial charge in [-0.2, -0.15) is 0 Å². The predicted molar refractivity (Wildman–Crippen MR) is 111 cm³/mol. The van der Waals surface area contributed by atoms with Crippen LogP contribution in [0.15, 0.2) is 56.8 Å². The quantitative estimate of drug-likeness (QED) is 0.422. The summed E-state index contributed by atoms with van der Waals surface area (Å²) >= 11 is 7.83. The van der Waals surface area contributed by atoms with Crippen molar-refractivity contribution in [3.05, 3.63) is 73.0 Å². The van der Waals surface area contributed by atoms with E-state index in [9.17, 15) is 9.18 Å². The minimum atomic E-state index is -0.402. The molecule has 3 aromatic rings. The fourth-order valence-corrected chi connectivity index (χ4v) is 4.37. The summed E-state index contributed by atoms with van der Waals surface area (Å²) in [7, 11) is 1.61. The minimum Gasteiger partial charge on any atom is -0.497 e. The third-order valence-electron chi connectivity index (χ3n) is 3.59. The maximum Gasteiger partial charge on any atom is 0.265 e. The van der Waals surface area contributed by atoms with Gasteiger partial charge in [-0.25, -0.2) is 4.39 Å². The Labute approximate surface area is 176 Å². The summed E-state index contributed by atoms with van der Waals surface area (Å²) in [5.41, 5.74) is 1.36. The lowest BCUT2D eigenvalue weighted by Gasteiger charge is -2.09. The fraction of sp³-hybridized carbons (Fsp3) is 0.105. The second-order valence-electron chi connectivity index (χ2n) is 5.48. The molecule has 2 aromatic carbocycles. The average molecular weight is 515 g/mol. The number of methoxy groups -OCH3 is 1. The number of hydrogen-bond donors (Lipinski definition) is 1. The van der Waals surface area contributed by atoms with Gasteiger partial charge in [-0.3, -0.25) is 4.79 Å². The Bertz CT molecular complexity index is 937. The van der Waals surface area contributed by atoms with Gasteiger partial charge in [-0.1, -0.05) is 0 Å². The van der Waals surface area contributed by atoms with Gasteiger partial charge in [0.2, 0.25) is 0 Å². The Morgan fingerprint density at radius 2 is 1.74 bits per heavy atom. The molecule has 1 N–H and O–H groups in total. The second kappa shape index (κ2) is 8.86. The van der Waals surface area contributed by atoms with E-state index in [1.807, 2.05) is 29.6 Å². The summed E-state index contributed by atoms with van der Waals surface area (Å²) in [6.07, 6.45) is 0. The van der Waals surface area contributed by atoms with E-state index in [0.29, 0.717) is 31.9 Å². The molecule has 1 aromatic heterocycles. The summed E-state index contributed by atoms with van der Waals surface area (Å²) in [4.78, 5) is 13.0. The number of anilines is 1. The standard InChI is InChI=1S/C19H14Br2FNO3S/c1-25-13-2-4-14(5-3-13)26-9-11-6-17(27-10-11)19(24)23-18-15(20)7-12(22)8-16(18)21/h2-8,10H,9H2,1H3,(H,23,24). The van der Waals surface area contributed by atoms with Gasteiger partial charge in [0.1, 0.15) is 23.9 Å². The van der Waals surface area contributed by atoms with E-state index in [1.54, 1.807) is 13.2 Å². The molecular formula is C19H14Br2FNO3S. The molecule has 0 fully saturated rings. The van der Waals surface area contributed by atoms with Crippen LogP contribution in [0.4, 0.5) is 10.1 Å². The highest BCUT2D eigenvalue weighted by Crippen LogP contribution is 2.32. The van der Waals surface area contributed by atoms with Gasteiger partial charge in [0.15, 0.2) is 0 Å². The normalized spacial score (nSPS) is 10.5. The van der Waals surface area contributed by atoms with Gasteiger partial charge in [-0.15, -0.1) is 11.3 Å². The zero-order valence-electron chi connectivity index (χ0n) is 14.1. The maximum absolute atomic E-state index is 13.3. The summed E-state index contributed by atoms with van der Waals surface area (Å²) in [5.74, 6) is 0.798. The first-order valence-corrected chi connectivity index (χ1v) is 10.2. The van der Waals surface area contributed by atoms with E-state index in [2.05, 4.69) is 37.2 Å². The van der Waals surface area contributed by atoms with E-state index in [4.69, 9.17) is 9.47 Å². The summed E-state index contributed by atoms with van der Waals surface area (Å²) in [6, 6.07) is 11.6. The molecule has 0 spiro atoms. The number of thiophene rings is 1. The van der Waals surface area contributed by atoms with Crippen molar-refractivity contribution in [2.24, 2.45) is 0 Å². The van der Waals surface area contributed by atoms with E-state index in [0.717, 1.165) is 11.3 Å². The molecule has 0 aliphatic heterocycles. The molecule has 0 unspecified atom stereocenters. The van der Waals surface area contributed by atoms with Crippen LogP contribution in [0.1, 0.15) is 15.2 Å². The first-order chi connectivity index (χ1) is 13.0. The van der Waals surface area contributed by atoms with Gasteiger partial charge >= 0.3 is 0 Å². The van der Waals surface area contributed by atoms with Crippen LogP contribution in [-0.2, 0) is 6.61 Å². The number of nitrogens with one attached hydrogen (secondary N) is 1. The van der Waals surface area contributed by atoms with Crippen molar-refractivity contribution in [3.63, 3.8) is 0 Å². The number of benzene rings is 2. The van der Waals surface area contributed by atoms with Gasteiger partial charge in [0, 0.05) is 14.5 Å². The highest BCUT2D eigenvalue weighted by atomic mass is 79.9. The number of amides is 1. The van der Waals surface area contributed by atoms with Crippen LogP contribution in [0.5, 0.6) is 11.5 Å². The topological polar surface area (TPSA) is 47.6 Å². The van der Waals surface area contributed by atoms with E-state index >= 15 is 0 Å². The fourth-order valence-electron chi connectivity index (χ4n) is 2.25. The Morgan fingerprint density at radius 3 is 2.37 bits per heavy atom. The lowest BCUT2D eigenvalue weighted by atomic mass is 10.3. The number of carbonyl (C=O) groups is 1. The molecule has 0 saturated carbocycles. The summed E-state index contributed by atoms with van der Waals surface area (Å²) in [6.45, 7) is 0.347. The molecule has 0 bridgehead atoms. The van der Waals surface area contributed by atoms with Crippen LogP contribution >= 0.6 is 43.2 Å². The molecule has 4 nitrogen and oxygen atoms in total. The van der Waals surface area contributed by atoms with Crippen molar-refractivity contribution in [1.82, 2.24) is 0 Å². The Morgan fingerprint density at radius 1 is 1.11 bits per heavy atom. The molecular weight excluding hydrogens is 501 g/mol. The average Bonchev–Trinajstić information content (AvgIpc) is 3.12. The molecule has 1 heterocycles. The number of rotatable bonds is 6. The zero-order valence-corrected chi connectivity index (χ0v) is 18.1. The summed E-state index contributed by atoms with van der Waals surface area (Å²) in [5, 5.41) is 4.65. The number of ether oxygens (including phenoxy) is 2. The molecule has 0 atom stereocenters. The van der Waals surface area contributed by atoms with Gasteiger partial charge in [-0.05, 0) is 79.7 Å². The highest BCUT2D eigenvalue weighted by molar-refractivity contribution is 9.11. The van der Waals surface area contributed by atoms with E-state index < -0.39 is 5.82 Å². The van der Waals surface area contributed by atoms with Crippen molar-refractivity contribution in [1.29, 1.82) is 0 Å². The van der Waals surface area contributed by atoms with Crippen molar-refractivity contribution in [3.8, 4) is 11.5 Å². The number of carbonyl (C=O) groups excluding carboxylic acids is 1. The molecule has 3 rings (SSSR count). The van der Waals surface area contributed by atoms with Crippen LogP contribution in [0.3, 0.4) is 0 Å². The van der Waals surface area contributed by atoms with Crippen LogP contribution in [0.25, 0.3) is 0 Å². The molecule has 27 heavy (non-hydrogen) atoms. The molecule has 0 aliphatic rings. The van der Waals surface area contributed by atoms with E-state index in [-0.39, 0.29) is 5.91 Å². The largest absolute Gasteiger partial charge is 0.497 e. The molecule has 0 radical (unpaired) electrons. The SMILES string of the molecule is COc1ccc(OCc2csc(C(=O)Nc3c(Br)cc(F)cc3Br)c2)cc1. The highest BCUT2D eigenvalue weighted by Gasteiger charge is 2.14. The smallest absolute Gasteiger partial charge is 0.265 e. The van der Waals surface area contributed by atoms with Gasteiger partial charge < -0.3 is 14.8 Å². The van der Waals surface area contributed by atoms with Gasteiger partial charge in [0.25, 0.3) is 5.91 Å². The Kier molecular flexibility index (Phi) is 6.51. The minimum absolute atomic E-state index is 0.274. The molecule has 8 heteroatoms. The van der Waals surface area contributed by atoms with Crippen LogP contribution in [0.2, 0.25) is 0 Å². The second-order valence-corrected chi connectivity index (χ2v) is 8.10. The van der Waals surface area contributed by atoms with Crippen molar-refractivity contribution >= 4 is 54.8 Å². The number of hydrogen-bond acceptors (Lipinski definition) is 4. The maximum atomic E-state index is 13.3. The van der Waals surface area contributed by atoms with Crippen molar-refractivity contribution < 1.29 is 18.7 Å². The molecule has 140 valence electrons. The first-order valence-electron chi connectivity index (χ1n) is 7.76. The predicted octanol–water partition coefficient (Wildman–Crippen LogP) is 6.25.